The molecular formula is C17H20FNO6S2. The van der Waals surface area contributed by atoms with Crippen molar-refractivity contribution in [3.8, 4) is 5.75 Å². The number of hydrogen-bond donors (Lipinski definition) is 0. The normalized spacial score (nSPS) is 17.1. The molecule has 2 heterocycles. The number of furan rings is 1. The molecule has 0 amide bonds. The van der Waals surface area contributed by atoms with E-state index in [1.165, 1.54) is 23.7 Å². The topological polar surface area (TPSA) is 93.9 Å². The highest BCUT2D eigenvalue weighted by atomic mass is 32.2. The third-order valence-electron chi connectivity index (χ3n) is 4.58. The van der Waals surface area contributed by atoms with E-state index in [1.807, 2.05) is 0 Å². The summed E-state index contributed by atoms with van der Waals surface area (Å²) in [6.07, 6.45) is 1.74. The first kappa shape index (κ1) is 19.8. The molecule has 0 spiro atoms. The summed E-state index contributed by atoms with van der Waals surface area (Å²) in [6, 6.07) is 6.49. The fraction of sp³-hybridized carbons (Fsp3) is 0.412. The van der Waals surface area contributed by atoms with Gasteiger partial charge >= 0.3 is 0 Å². The van der Waals surface area contributed by atoms with Crippen LogP contribution in [0.4, 0.5) is 4.39 Å². The van der Waals surface area contributed by atoms with Crippen LogP contribution < -0.4 is 4.74 Å². The first-order valence-electron chi connectivity index (χ1n) is 8.31. The summed E-state index contributed by atoms with van der Waals surface area (Å²) in [5.74, 6) is -0.501. The van der Waals surface area contributed by atoms with E-state index in [0.717, 1.165) is 12.1 Å². The Bertz CT molecular complexity index is 994. The van der Waals surface area contributed by atoms with Crippen molar-refractivity contribution in [1.29, 1.82) is 0 Å². The van der Waals surface area contributed by atoms with Crippen molar-refractivity contribution in [2.75, 3.05) is 20.2 Å². The van der Waals surface area contributed by atoms with E-state index in [0.29, 0.717) is 5.76 Å². The molecule has 0 saturated carbocycles. The van der Waals surface area contributed by atoms with Crippen LogP contribution in [-0.2, 0) is 25.6 Å². The third-order valence-corrected chi connectivity index (χ3v) is 8.67. The lowest BCUT2D eigenvalue weighted by Crippen LogP contribution is -2.42. The van der Waals surface area contributed by atoms with Gasteiger partial charge in [-0.2, -0.15) is 4.31 Å². The molecule has 1 fully saturated rings. The van der Waals surface area contributed by atoms with Crippen LogP contribution in [0.1, 0.15) is 18.6 Å². The smallest absolute Gasteiger partial charge is 0.246 e. The average molecular weight is 417 g/mol. The number of sulfone groups is 1. The highest BCUT2D eigenvalue weighted by Gasteiger charge is 2.36. The first-order valence-corrected chi connectivity index (χ1v) is 11.5. The summed E-state index contributed by atoms with van der Waals surface area (Å²) in [7, 11) is -6.15. The predicted molar refractivity (Wildman–Crippen MR) is 96.1 cm³/mol. The summed E-state index contributed by atoms with van der Waals surface area (Å²) >= 11 is 0. The van der Waals surface area contributed by atoms with E-state index < -0.39 is 30.9 Å². The summed E-state index contributed by atoms with van der Waals surface area (Å²) in [5, 5.41) is -0.650. The molecule has 10 heteroatoms. The molecule has 3 rings (SSSR count). The number of ether oxygens (including phenoxy) is 1. The van der Waals surface area contributed by atoms with E-state index in [4.69, 9.17) is 9.15 Å². The van der Waals surface area contributed by atoms with E-state index in [2.05, 4.69) is 0 Å². The van der Waals surface area contributed by atoms with Crippen molar-refractivity contribution in [1.82, 2.24) is 4.31 Å². The van der Waals surface area contributed by atoms with Crippen molar-refractivity contribution >= 4 is 19.9 Å². The van der Waals surface area contributed by atoms with Gasteiger partial charge in [0.1, 0.15) is 28.0 Å². The molecule has 7 nitrogen and oxygen atoms in total. The molecule has 2 aromatic rings. The Morgan fingerprint density at radius 1 is 1.19 bits per heavy atom. The fourth-order valence-corrected chi connectivity index (χ4v) is 6.50. The van der Waals surface area contributed by atoms with E-state index in [9.17, 15) is 21.2 Å². The van der Waals surface area contributed by atoms with Gasteiger partial charge in [0.15, 0.2) is 9.84 Å². The van der Waals surface area contributed by atoms with Crippen molar-refractivity contribution in [3.05, 3.63) is 48.2 Å². The van der Waals surface area contributed by atoms with Crippen molar-refractivity contribution < 1.29 is 30.4 Å². The Morgan fingerprint density at radius 3 is 2.48 bits per heavy atom. The van der Waals surface area contributed by atoms with E-state index in [1.54, 1.807) is 12.1 Å². The van der Waals surface area contributed by atoms with Crippen LogP contribution in [0, 0.1) is 5.82 Å². The quantitative estimate of drug-likeness (QED) is 0.715. The van der Waals surface area contributed by atoms with Crippen molar-refractivity contribution in [2.24, 2.45) is 0 Å². The highest BCUT2D eigenvalue weighted by molar-refractivity contribution is 7.91. The largest absolute Gasteiger partial charge is 0.495 e. The lowest BCUT2D eigenvalue weighted by molar-refractivity contribution is 0.341. The van der Waals surface area contributed by atoms with E-state index in [-0.39, 0.29) is 42.3 Å². The number of halogens is 1. The van der Waals surface area contributed by atoms with Gasteiger partial charge in [-0.25, -0.2) is 21.2 Å². The Labute approximate surface area is 157 Å². The molecule has 27 heavy (non-hydrogen) atoms. The number of nitrogens with zero attached hydrogens (tertiary/aromatic N) is 1. The zero-order valence-corrected chi connectivity index (χ0v) is 16.3. The standard InChI is InChI=1S/C17H20FNO6S2/c1-24-16-5-4-13(18)11-17(16)27(22,23)19-8-6-15(7-9-19)26(20,21)12-14-3-2-10-25-14/h2-5,10-11,15H,6-9,12H2,1H3. The molecule has 0 unspecified atom stereocenters. The Morgan fingerprint density at radius 2 is 1.89 bits per heavy atom. The number of methoxy groups -OCH3 is 1. The van der Waals surface area contributed by atoms with Gasteiger partial charge in [-0.3, -0.25) is 0 Å². The lowest BCUT2D eigenvalue weighted by Gasteiger charge is -2.31. The summed E-state index contributed by atoms with van der Waals surface area (Å²) < 4.78 is 75.6. The Kier molecular flexibility index (Phi) is 5.59. The zero-order valence-electron chi connectivity index (χ0n) is 14.7. The molecule has 1 aliphatic heterocycles. The highest BCUT2D eigenvalue weighted by Crippen LogP contribution is 2.30. The maximum absolute atomic E-state index is 13.6. The average Bonchev–Trinajstić information content (AvgIpc) is 3.14. The van der Waals surface area contributed by atoms with Gasteiger partial charge in [-0.15, -0.1) is 0 Å². The number of rotatable bonds is 6. The monoisotopic (exact) mass is 417 g/mol. The molecule has 1 aliphatic rings. The summed E-state index contributed by atoms with van der Waals surface area (Å²) in [5.41, 5.74) is 0. The van der Waals surface area contributed by atoms with Crippen LogP contribution in [0.2, 0.25) is 0 Å². The number of benzene rings is 1. The minimum absolute atomic E-state index is 0.0318. The van der Waals surface area contributed by atoms with Gasteiger partial charge < -0.3 is 9.15 Å². The summed E-state index contributed by atoms with van der Waals surface area (Å²) in [4.78, 5) is -0.262. The van der Waals surface area contributed by atoms with Crippen molar-refractivity contribution in [3.63, 3.8) is 0 Å². The molecule has 1 aromatic carbocycles. The first-order chi connectivity index (χ1) is 12.7. The molecule has 148 valence electrons. The van der Waals surface area contributed by atoms with Crippen molar-refractivity contribution in [2.45, 2.75) is 28.7 Å². The second-order valence-corrected chi connectivity index (χ2v) is 10.5. The molecule has 1 saturated heterocycles. The third kappa shape index (κ3) is 4.17. The zero-order chi connectivity index (χ0) is 19.7. The summed E-state index contributed by atoms with van der Waals surface area (Å²) in [6.45, 7) is 0.0636. The van der Waals surface area contributed by atoms with Crippen LogP contribution in [0.25, 0.3) is 0 Å². The van der Waals surface area contributed by atoms with Gasteiger partial charge in [0, 0.05) is 13.1 Å². The number of sulfonamides is 1. The SMILES string of the molecule is COc1ccc(F)cc1S(=O)(=O)N1CCC(S(=O)(=O)Cc2ccco2)CC1. The second kappa shape index (κ2) is 7.61. The Hall–Kier alpha value is -1.91. The van der Waals surface area contributed by atoms with Gasteiger partial charge in [-0.05, 0) is 43.2 Å². The second-order valence-electron chi connectivity index (χ2n) is 6.29. The lowest BCUT2D eigenvalue weighted by atomic mass is 10.2. The molecular weight excluding hydrogens is 397 g/mol. The van der Waals surface area contributed by atoms with Crippen LogP contribution >= 0.6 is 0 Å². The van der Waals surface area contributed by atoms with Gasteiger partial charge in [0.25, 0.3) is 0 Å². The number of hydrogen-bond acceptors (Lipinski definition) is 6. The maximum Gasteiger partial charge on any atom is 0.246 e. The minimum Gasteiger partial charge on any atom is -0.495 e. The Balaban J connectivity index is 1.74. The fourth-order valence-electron chi connectivity index (χ4n) is 3.13. The minimum atomic E-state index is -3.99. The van der Waals surface area contributed by atoms with Crippen LogP contribution in [0.5, 0.6) is 5.75 Å². The maximum atomic E-state index is 13.6. The predicted octanol–water partition coefficient (Wildman–Crippen LogP) is 2.20. The van der Waals surface area contributed by atoms with Crippen LogP contribution in [0.15, 0.2) is 45.9 Å². The van der Waals surface area contributed by atoms with E-state index >= 15 is 0 Å². The molecule has 0 N–H and O–H groups in total. The van der Waals surface area contributed by atoms with Crippen LogP contribution in [-0.4, -0.2) is 46.6 Å². The van der Waals surface area contributed by atoms with Gasteiger partial charge in [0.05, 0.1) is 18.6 Å². The molecule has 0 atom stereocenters. The van der Waals surface area contributed by atoms with Gasteiger partial charge in [-0.1, -0.05) is 0 Å². The molecule has 0 bridgehead atoms. The van der Waals surface area contributed by atoms with Gasteiger partial charge in [0.2, 0.25) is 10.0 Å². The van der Waals surface area contributed by atoms with Crippen LogP contribution in [0.3, 0.4) is 0 Å². The number of piperidine rings is 1. The molecule has 1 aromatic heterocycles. The molecule has 0 aliphatic carbocycles. The molecule has 0 radical (unpaired) electrons.